The topological polar surface area (TPSA) is 38.7 Å². The van der Waals surface area contributed by atoms with Crippen molar-refractivity contribution < 1.29 is 14.6 Å². The zero-order valence-electron chi connectivity index (χ0n) is 19.8. The van der Waals surface area contributed by atoms with Crippen molar-refractivity contribution in [2.75, 3.05) is 19.8 Å². The number of hydrogen-bond donors (Lipinski definition) is 1. The van der Waals surface area contributed by atoms with E-state index in [4.69, 9.17) is 14.6 Å². The Hall–Kier alpha value is -2.44. The number of aliphatic hydroxyl groups excluding tert-OH is 1. The van der Waals surface area contributed by atoms with Crippen molar-refractivity contribution >= 4 is 0 Å². The lowest BCUT2D eigenvalue weighted by Gasteiger charge is -2.06. The Morgan fingerprint density at radius 1 is 0.562 bits per heavy atom. The third kappa shape index (κ3) is 11.8. The molecule has 0 spiro atoms. The van der Waals surface area contributed by atoms with E-state index in [0.717, 1.165) is 35.7 Å². The van der Waals surface area contributed by atoms with Gasteiger partial charge >= 0.3 is 0 Å². The van der Waals surface area contributed by atoms with Crippen LogP contribution in [0, 0.1) is 11.8 Å². The summed E-state index contributed by atoms with van der Waals surface area (Å²) in [7, 11) is 0. The minimum absolute atomic E-state index is 0.146. The highest BCUT2D eigenvalue weighted by molar-refractivity contribution is 5.45. The Morgan fingerprint density at radius 3 is 1.41 bits per heavy atom. The molecule has 1 N–H and O–H groups in total. The fourth-order valence-corrected chi connectivity index (χ4v) is 3.45. The Kier molecular flexibility index (Phi) is 13.8. The zero-order chi connectivity index (χ0) is 22.7. The van der Waals surface area contributed by atoms with Gasteiger partial charge in [0.05, 0.1) is 13.2 Å². The van der Waals surface area contributed by atoms with Gasteiger partial charge in [0.15, 0.2) is 0 Å². The summed E-state index contributed by atoms with van der Waals surface area (Å²) in [6.45, 7) is 3.72. The van der Waals surface area contributed by atoms with Gasteiger partial charge in [-0.05, 0) is 55.0 Å². The first-order valence-corrected chi connectivity index (χ1v) is 12.4. The number of benzene rings is 2. The molecule has 0 bridgehead atoms. The zero-order valence-corrected chi connectivity index (χ0v) is 19.8. The van der Waals surface area contributed by atoms with E-state index in [1.54, 1.807) is 0 Å². The summed E-state index contributed by atoms with van der Waals surface area (Å²) in [6.07, 6.45) is 14.0. The van der Waals surface area contributed by atoms with Gasteiger partial charge in [0.2, 0.25) is 0 Å². The fraction of sp³-hybridized carbons (Fsp3) is 0.517. The van der Waals surface area contributed by atoms with E-state index in [-0.39, 0.29) is 6.61 Å². The van der Waals surface area contributed by atoms with Crippen molar-refractivity contribution in [2.24, 2.45) is 0 Å². The molecule has 3 heteroatoms. The van der Waals surface area contributed by atoms with Crippen LogP contribution in [0.15, 0.2) is 48.5 Å². The maximum absolute atomic E-state index is 8.79. The average Bonchev–Trinajstić information content (AvgIpc) is 2.83. The van der Waals surface area contributed by atoms with Gasteiger partial charge in [-0.25, -0.2) is 0 Å². The summed E-state index contributed by atoms with van der Waals surface area (Å²) in [6, 6.07) is 15.7. The molecule has 0 unspecified atom stereocenters. The van der Waals surface area contributed by atoms with Crippen molar-refractivity contribution in [1.29, 1.82) is 0 Å². The van der Waals surface area contributed by atoms with Crippen LogP contribution in [0.2, 0.25) is 0 Å². The highest BCUT2D eigenvalue weighted by atomic mass is 16.5. The van der Waals surface area contributed by atoms with E-state index in [2.05, 4.69) is 18.8 Å². The van der Waals surface area contributed by atoms with Gasteiger partial charge in [0, 0.05) is 24.2 Å². The Balaban J connectivity index is 1.59. The third-order valence-electron chi connectivity index (χ3n) is 5.40. The molecule has 0 aliphatic heterocycles. The molecule has 0 atom stereocenters. The maximum Gasteiger partial charge on any atom is 0.119 e. The molecule has 3 nitrogen and oxygen atoms in total. The molecule has 0 aromatic heterocycles. The standard InChI is InChI=1S/C29H40O3/c1-2-3-4-5-6-7-8-9-10-11-24-31-28-19-15-26(16-20-28)13-14-27-17-21-29(22-18-27)32-25-12-23-30/h15-22,30H,2-12,23-25H2,1H3. The second kappa shape index (κ2) is 17.2. The fourth-order valence-electron chi connectivity index (χ4n) is 3.45. The summed E-state index contributed by atoms with van der Waals surface area (Å²) >= 11 is 0. The van der Waals surface area contributed by atoms with Crippen LogP contribution in [0.3, 0.4) is 0 Å². The number of hydrogen-bond acceptors (Lipinski definition) is 3. The van der Waals surface area contributed by atoms with Crippen molar-refractivity contribution in [2.45, 2.75) is 77.6 Å². The summed E-state index contributed by atoms with van der Waals surface area (Å²) in [4.78, 5) is 0. The molecule has 174 valence electrons. The average molecular weight is 437 g/mol. The highest BCUT2D eigenvalue weighted by Crippen LogP contribution is 2.15. The molecule has 2 rings (SSSR count). The van der Waals surface area contributed by atoms with Gasteiger partial charge in [-0.2, -0.15) is 0 Å². The SMILES string of the molecule is CCCCCCCCCCCCOc1ccc(C#Cc2ccc(OCCCO)cc2)cc1. The lowest BCUT2D eigenvalue weighted by Crippen LogP contribution is -1.99. The van der Waals surface area contributed by atoms with Gasteiger partial charge in [-0.3, -0.25) is 0 Å². The predicted octanol–water partition coefficient (Wildman–Crippen LogP) is 7.15. The normalized spacial score (nSPS) is 10.4. The van der Waals surface area contributed by atoms with Crippen LogP contribution in [0.25, 0.3) is 0 Å². The van der Waals surface area contributed by atoms with Crippen LogP contribution in [0.5, 0.6) is 11.5 Å². The summed E-state index contributed by atoms with van der Waals surface area (Å²) in [5.74, 6) is 8.08. The van der Waals surface area contributed by atoms with Crippen LogP contribution in [-0.2, 0) is 0 Å². The second-order valence-corrected chi connectivity index (χ2v) is 8.25. The maximum atomic E-state index is 8.79. The number of aliphatic hydroxyl groups is 1. The van der Waals surface area contributed by atoms with Gasteiger partial charge in [0.1, 0.15) is 11.5 Å². The lowest BCUT2D eigenvalue weighted by molar-refractivity contribution is 0.233. The van der Waals surface area contributed by atoms with Crippen LogP contribution < -0.4 is 9.47 Å². The number of ether oxygens (including phenoxy) is 2. The van der Waals surface area contributed by atoms with E-state index in [0.29, 0.717) is 13.0 Å². The van der Waals surface area contributed by atoms with Crippen LogP contribution >= 0.6 is 0 Å². The Bertz CT molecular complexity index is 769. The number of rotatable bonds is 16. The molecule has 0 amide bonds. The van der Waals surface area contributed by atoms with E-state index >= 15 is 0 Å². The minimum Gasteiger partial charge on any atom is -0.494 e. The first kappa shape index (κ1) is 25.8. The van der Waals surface area contributed by atoms with Gasteiger partial charge in [0.25, 0.3) is 0 Å². The van der Waals surface area contributed by atoms with E-state index < -0.39 is 0 Å². The molecule has 2 aromatic rings. The monoisotopic (exact) mass is 436 g/mol. The van der Waals surface area contributed by atoms with Crippen LogP contribution in [-0.4, -0.2) is 24.9 Å². The van der Waals surface area contributed by atoms with Crippen molar-refractivity contribution in [3.05, 3.63) is 59.7 Å². The van der Waals surface area contributed by atoms with E-state index in [1.807, 2.05) is 48.5 Å². The predicted molar refractivity (Wildman–Crippen MR) is 133 cm³/mol. The van der Waals surface area contributed by atoms with Crippen molar-refractivity contribution in [3.63, 3.8) is 0 Å². The molecule has 0 aliphatic rings. The van der Waals surface area contributed by atoms with Gasteiger partial charge in [-0.1, -0.05) is 76.6 Å². The smallest absolute Gasteiger partial charge is 0.119 e. The van der Waals surface area contributed by atoms with Crippen molar-refractivity contribution in [1.82, 2.24) is 0 Å². The summed E-state index contributed by atoms with van der Waals surface area (Å²) in [5, 5.41) is 8.79. The molecule has 0 heterocycles. The molecular weight excluding hydrogens is 396 g/mol. The lowest BCUT2D eigenvalue weighted by atomic mass is 10.1. The summed E-state index contributed by atoms with van der Waals surface area (Å²) in [5.41, 5.74) is 1.92. The molecule has 32 heavy (non-hydrogen) atoms. The molecule has 2 aromatic carbocycles. The molecule has 0 saturated carbocycles. The first-order chi connectivity index (χ1) is 15.8. The molecule has 0 fully saturated rings. The first-order valence-electron chi connectivity index (χ1n) is 12.4. The minimum atomic E-state index is 0.146. The molecular formula is C29H40O3. The largest absolute Gasteiger partial charge is 0.494 e. The van der Waals surface area contributed by atoms with E-state index in [9.17, 15) is 0 Å². The van der Waals surface area contributed by atoms with E-state index in [1.165, 1.54) is 57.8 Å². The Labute approximate surface area is 195 Å². The number of unbranched alkanes of at least 4 members (excludes halogenated alkanes) is 9. The molecule has 0 radical (unpaired) electrons. The molecule has 0 saturated heterocycles. The summed E-state index contributed by atoms with van der Waals surface area (Å²) < 4.78 is 11.4. The van der Waals surface area contributed by atoms with Gasteiger partial charge in [-0.15, -0.1) is 0 Å². The van der Waals surface area contributed by atoms with Crippen LogP contribution in [0.1, 0.15) is 88.7 Å². The van der Waals surface area contributed by atoms with Crippen molar-refractivity contribution in [3.8, 4) is 23.3 Å². The highest BCUT2D eigenvalue weighted by Gasteiger charge is 1.97. The molecule has 0 aliphatic carbocycles. The van der Waals surface area contributed by atoms with Gasteiger partial charge < -0.3 is 14.6 Å². The quantitative estimate of drug-likeness (QED) is 0.224. The Morgan fingerprint density at radius 2 is 0.969 bits per heavy atom. The second-order valence-electron chi connectivity index (χ2n) is 8.25. The van der Waals surface area contributed by atoms with Crippen LogP contribution in [0.4, 0.5) is 0 Å². The third-order valence-corrected chi connectivity index (χ3v) is 5.40.